The molecule has 0 bridgehead atoms. The number of rotatable bonds is 6. The summed E-state index contributed by atoms with van der Waals surface area (Å²) in [5.41, 5.74) is 2.54. The molecule has 1 aromatic heterocycles. The van der Waals surface area contributed by atoms with Gasteiger partial charge >= 0.3 is 6.09 Å². The van der Waals surface area contributed by atoms with Crippen molar-refractivity contribution in [3.05, 3.63) is 20.9 Å². The van der Waals surface area contributed by atoms with Gasteiger partial charge in [-0.2, -0.15) is 0 Å². The first kappa shape index (κ1) is 22.2. The number of amides is 1. The number of aromatic nitrogens is 1. The molecule has 7 nitrogen and oxygen atoms in total. The van der Waals surface area contributed by atoms with E-state index in [4.69, 9.17) is 16.3 Å². The Morgan fingerprint density at radius 1 is 1.33 bits per heavy atom. The molecule has 0 atom stereocenters. The summed E-state index contributed by atoms with van der Waals surface area (Å²) in [4.78, 5) is 27.5. The Morgan fingerprint density at radius 2 is 1.96 bits per heavy atom. The van der Waals surface area contributed by atoms with Crippen molar-refractivity contribution in [2.45, 2.75) is 64.1 Å². The van der Waals surface area contributed by atoms with Crippen molar-refractivity contribution in [3.8, 4) is 0 Å². The number of hydrogen-bond acceptors (Lipinski definition) is 6. The van der Waals surface area contributed by atoms with Gasteiger partial charge in [0, 0.05) is 15.7 Å². The molecule has 9 heteroatoms. The molecule has 0 aliphatic heterocycles. The van der Waals surface area contributed by atoms with E-state index >= 15 is 0 Å². The minimum absolute atomic E-state index is 0.0437. The van der Waals surface area contributed by atoms with Crippen molar-refractivity contribution in [1.29, 1.82) is 0 Å². The minimum atomic E-state index is -0.608. The molecule has 27 heavy (non-hydrogen) atoms. The van der Waals surface area contributed by atoms with Crippen molar-refractivity contribution in [1.82, 2.24) is 15.4 Å². The lowest BCUT2D eigenvalue weighted by Gasteiger charge is -2.34. The normalized spacial score (nSPS) is 20.0. The predicted molar refractivity (Wildman–Crippen MR) is 114 cm³/mol. The lowest BCUT2D eigenvalue weighted by molar-refractivity contribution is -0.109. The summed E-state index contributed by atoms with van der Waals surface area (Å²) in [6.07, 6.45) is 3.74. The van der Waals surface area contributed by atoms with E-state index < -0.39 is 11.7 Å². The summed E-state index contributed by atoms with van der Waals surface area (Å²) in [6, 6.07) is 4.19. The highest BCUT2D eigenvalue weighted by molar-refractivity contribution is 14.1. The van der Waals surface area contributed by atoms with Crippen molar-refractivity contribution in [3.63, 3.8) is 0 Å². The summed E-state index contributed by atoms with van der Waals surface area (Å²) in [6.45, 7) is 5.35. The van der Waals surface area contributed by atoms with Crippen molar-refractivity contribution >= 4 is 52.4 Å². The number of aldehydes is 1. The lowest BCUT2D eigenvalue weighted by atomic mass is 9.91. The molecule has 0 radical (unpaired) electrons. The van der Waals surface area contributed by atoms with Crippen LogP contribution in [0.2, 0.25) is 5.15 Å². The largest absolute Gasteiger partial charge is 0.443 e. The average Bonchev–Trinajstić information content (AvgIpc) is 2.53. The zero-order valence-electron chi connectivity index (χ0n) is 15.8. The second kappa shape index (κ2) is 9.88. The zero-order valence-corrected chi connectivity index (χ0v) is 18.7. The topological polar surface area (TPSA) is 83.6 Å². The maximum atomic E-state index is 12.2. The fourth-order valence-corrected chi connectivity index (χ4v) is 3.89. The van der Waals surface area contributed by atoms with E-state index in [-0.39, 0.29) is 12.6 Å². The molecule has 1 aromatic rings. The quantitative estimate of drug-likeness (QED) is 0.262. The Morgan fingerprint density at radius 3 is 2.52 bits per heavy atom. The SMILES string of the molecule is CC(C)(C)OC(=O)N(CC=O)NC1CCC(Nc2cc(I)cc(Cl)n2)CC1. The number of nitrogens with zero attached hydrogens (tertiary/aromatic N) is 2. The molecule has 1 fully saturated rings. The van der Waals surface area contributed by atoms with Gasteiger partial charge in [0.1, 0.15) is 22.9 Å². The Balaban J connectivity index is 1.86. The van der Waals surface area contributed by atoms with Gasteiger partial charge < -0.3 is 14.8 Å². The molecule has 0 aromatic carbocycles. The first-order valence-electron chi connectivity index (χ1n) is 8.96. The van der Waals surface area contributed by atoms with Crippen LogP contribution < -0.4 is 10.7 Å². The highest BCUT2D eigenvalue weighted by Gasteiger charge is 2.27. The molecule has 1 saturated carbocycles. The van der Waals surface area contributed by atoms with Gasteiger partial charge in [-0.05, 0) is 81.2 Å². The van der Waals surface area contributed by atoms with Crippen LogP contribution in [0, 0.1) is 3.57 Å². The van der Waals surface area contributed by atoms with Gasteiger partial charge in [0.2, 0.25) is 0 Å². The predicted octanol–water partition coefficient (Wildman–Crippen LogP) is 4.00. The fourth-order valence-electron chi connectivity index (χ4n) is 2.91. The molecule has 2 N–H and O–H groups in total. The highest BCUT2D eigenvalue weighted by Crippen LogP contribution is 2.24. The fraction of sp³-hybridized carbons (Fsp3) is 0.611. The van der Waals surface area contributed by atoms with E-state index in [1.807, 2.05) is 12.1 Å². The molecular formula is C18H26ClIN4O3. The monoisotopic (exact) mass is 508 g/mol. The van der Waals surface area contributed by atoms with Crippen molar-refractivity contribution < 1.29 is 14.3 Å². The van der Waals surface area contributed by atoms with Crippen molar-refractivity contribution in [2.75, 3.05) is 11.9 Å². The third-order valence-electron chi connectivity index (χ3n) is 4.05. The molecule has 150 valence electrons. The summed E-state index contributed by atoms with van der Waals surface area (Å²) in [5.74, 6) is 0.777. The second-order valence-corrected chi connectivity index (χ2v) is 9.21. The Labute approximate surface area is 178 Å². The maximum Gasteiger partial charge on any atom is 0.425 e. The van der Waals surface area contributed by atoms with Crippen LogP contribution in [-0.2, 0) is 9.53 Å². The molecule has 1 aliphatic rings. The molecule has 2 rings (SSSR count). The summed E-state index contributed by atoms with van der Waals surface area (Å²) >= 11 is 8.22. The molecule has 1 amide bonds. The molecule has 0 saturated heterocycles. The van der Waals surface area contributed by atoms with Gasteiger partial charge in [0.15, 0.2) is 0 Å². The van der Waals surface area contributed by atoms with E-state index in [2.05, 4.69) is 38.3 Å². The molecule has 0 spiro atoms. The maximum absolute atomic E-state index is 12.2. The first-order valence-corrected chi connectivity index (χ1v) is 10.4. The molecular weight excluding hydrogens is 483 g/mol. The van der Waals surface area contributed by atoms with Gasteiger partial charge in [0.05, 0.1) is 6.54 Å². The molecule has 1 aliphatic carbocycles. The van der Waals surface area contributed by atoms with Crippen LogP contribution in [0.1, 0.15) is 46.5 Å². The van der Waals surface area contributed by atoms with Crippen LogP contribution >= 0.6 is 34.2 Å². The number of carbonyl (C=O) groups is 2. The summed E-state index contributed by atoms with van der Waals surface area (Å²) < 4.78 is 6.38. The van der Waals surface area contributed by atoms with Crippen LogP contribution in [0.25, 0.3) is 0 Å². The third-order valence-corrected chi connectivity index (χ3v) is 4.86. The Kier molecular flexibility index (Phi) is 8.11. The molecule has 1 heterocycles. The number of pyridine rings is 1. The van der Waals surface area contributed by atoms with Crippen LogP contribution in [0.4, 0.5) is 10.6 Å². The van der Waals surface area contributed by atoms with Gasteiger partial charge in [-0.15, -0.1) is 0 Å². The lowest BCUT2D eigenvalue weighted by Crippen LogP contribution is -2.52. The van der Waals surface area contributed by atoms with E-state index in [1.54, 1.807) is 20.8 Å². The minimum Gasteiger partial charge on any atom is -0.443 e. The van der Waals surface area contributed by atoms with E-state index in [1.165, 1.54) is 5.01 Å². The number of hydrazine groups is 1. The Hall–Kier alpha value is -1.13. The second-order valence-electron chi connectivity index (χ2n) is 7.57. The number of anilines is 1. The third kappa shape index (κ3) is 7.79. The van der Waals surface area contributed by atoms with Crippen LogP contribution in [0.5, 0.6) is 0 Å². The van der Waals surface area contributed by atoms with E-state index in [9.17, 15) is 9.59 Å². The van der Waals surface area contributed by atoms with Crippen LogP contribution in [0.3, 0.4) is 0 Å². The van der Waals surface area contributed by atoms with Gasteiger partial charge in [0.25, 0.3) is 0 Å². The molecule has 0 unspecified atom stereocenters. The Bertz CT molecular complexity index is 640. The number of halogens is 2. The number of hydrogen-bond donors (Lipinski definition) is 2. The number of ether oxygens (including phenoxy) is 1. The first-order chi connectivity index (χ1) is 12.7. The van der Waals surface area contributed by atoms with Crippen LogP contribution in [-0.4, -0.2) is 46.6 Å². The van der Waals surface area contributed by atoms with E-state index in [0.29, 0.717) is 17.5 Å². The number of carbonyl (C=O) groups excluding carboxylic acids is 2. The van der Waals surface area contributed by atoms with Crippen molar-refractivity contribution in [2.24, 2.45) is 0 Å². The number of nitrogens with one attached hydrogen (secondary N) is 2. The average molecular weight is 509 g/mol. The standard InChI is InChI=1S/C18H26ClIN4O3/c1-18(2,3)27-17(26)24(8-9-25)23-14-6-4-13(5-7-14)21-16-11-12(20)10-15(19)22-16/h9-11,13-14,23H,4-8H2,1-3H3,(H,21,22). The smallest absolute Gasteiger partial charge is 0.425 e. The zero-order chi connectivity index (χ0) is 20.0. The summed E-state index contributed by atoms with van der Waals surface area (Å²) in [5, 5.41) is 5.16. The van der Waals surface area contributed by atoms with Gasteiger partial charge in [-0.3, -0.25) is 0 Å². The van der Waals surface area contributed by atoms with Crippen LogP contribution in [0.15, 0.2) is 12.1 Å². The highest BCUT2D eigenvalue weighted by atomic mass is 127. The van der Waals surface area contributed by atoms with Gasteiger partial charge in [-0.1, -0.05) is 11.6 Å². The van der Waals surface area contributed by atoms with E-state index in [0.717, 1.165) is 35.1 Å². The summed E-state index contributed by atoms with van der Waals surface area (Å²) in [7, 11) is 0. The van der Waals surface area contributed by atoms with Gasteiger partial charge in [-0.25, -0.2) is 20.2 Å².